The minimum atomic E-state index is -2.77. The fraction of sp³-hybridized carbons (Fsp3) is 0.333. The first kappa shape index (κ1) is 25.6. The quantitative estimate of drug-likeness (QED) is 0.465. The van der Waals surface area contributed by atoms with E-state index in [4.69, 9.17) is 9.47 Å². The first-order valence-electron chi connectivity index (χ1n) is 11.6. The lowest BCUT2D eigenvalue weighted by Gasteiger charge is -2.40. The molecule has 2 N–H and O–H groups in total. The average Bonchev–Trinajstić information content (AvgIpc) is 3.27. The zero-order chi connectivity index (χ0) is 26.5. The molecule has 7 nitrogen and oxygen atoms in total. The van der Waals surface area contributed by atoms with Gasteiger partial charge in [-0.15, -0.1) is 0 Å². The summed E-state index contributed by atoms with van der Waals surface area (Å²) < 4.78 is 39.4. The van der Waals surface area contributed by atoms with Crippen molar-refractivity contribution in [2.24, 2.45) is 5.92 Å². The molecule has 1 aromatic heterocycles. The molecule has 0 spiro atoms. The maximum absolute atomic E-state index is 13.8. The van der Waals surface area contributed by atoms with Gasteiger partial charge in [0.15, 0.2) is 11.2 Å². The highest BCUT2D eigenvalue weighted by atomic mass is 79.9. The van der Waals surface area contributed by atoms with Crippen LogP contribution < -0.4 is 9.47 Å². The van der Waals surface area contributed by atoms with Crippen LogP contribution >= 0.6 is 15.9 Å². The molecule has 5 rings (SSSR count). The summed E-state index contributed by atoms with van der Waals surface area (Å²) in [5.74, 6) is -2.68. The summed E-state index contributed by atoms with van der Waals surface area (Å²) in [6.45, 7) is -0.821. The lowest BCUT2D eigenvalue weighted by molar-refractivity contribution is -0.157. The van der Waals surface area contributed by atoms with Crippen LogP contribution in [-0.4, -0.2) is 59.2 Å². The molecule has 0 saturated heterocycles. The van der Waals surface area contributed by atoms with Crippen LogP contribution in [0.2, 0.25) is 0 Å². The van der Waals surface area contributed by atoms with E-state index in [1.807, 2.05) is 0 Å². The zero-order valence-corrected chi connectivity index (χ0v) is 21.6. The van der Waals surface area contributed by atoms with Crippen LogP contribution in [0.15, 0.2) is 71.5 Å². The molecule has 5 atom stereocenters. The van der Waals surface area contributed by atoms with E-state index in [9.17, 15) is 23.8 Å². The molecule has 5 unspecified atom stereocenters. The van der Waals surface area contributed by atoms with E-state index in [1.54, 1.807) is 54.6 Å². The fourth-order valence-electron chi connectivity index (χ4n) is 5.92. The van der Waals surface area contributed by atoms with Gasteiger partial charge in [0.25, 0.3) is 6.43 Å². The predicted octanol–water partition coefficient (Wildman–Crippen LogP) is 3.83. The molecule has 194 valence electrons. The molecule has 0 radical (unpaired) electrons. The molecule has 2 heterocycles. The van der Waals surface area contributed by atoms with E-state index in [2.05, 4.69) is 20.9 Å². The van der Waals surface area contributed by atoms with Crippen LogP contribution in [0.1, 0.15) is 22.6 Å². The van der Waals surface area contributed by atoms with E-state index < -0.39 is 48.0 Å². The number of aliphatic hydroxyl groups excluding tert-OH is 1. The Kier molecular flexibility index (Phi) is 6.45. The molecular formula is C27H25BrF2N2O5. The maximum Gasteiger partial charge on any atom is 0.255 e. The number of alkyl halides is 2. The number of aliphatic hydroxyl groups is 2. The molecular weight excluding hydrogens is 550 g/mol. The summed E-state index contributed by atoms with van der Waals surface area (Å²) in [6, 6.07) is 15.9. The second-order valence-corrected chi connectivity index (χ2v) is 10.2. The molecule has 1 aliphatic heterocycles. The van der Waals surface area contributed by atoms with Crippen molar-refractivity contribution in [1.29, 1.82) is 0 Å². The smallest absolute Gasteiger partial charge is 0.255 e. The Hall–Kier alpha value is -3.08. The second kappa shape index (κ2) is 9.34. The van der Waals surface area contributed by atoms with Crippen LogP contribution in [0.4, 0.5) is 8.78 Å². The van der Waals surface area contributed by atoms with Crippen LogP contribution in [-0.2, 0) is 16.0 Å². The first-order valence-corrected chi connectivity index (χ1v) is 12.4. The van der Waals surface area contributed by atoms with Gasteiger partial charge in [0, 0.05) is 17.4 Å². The van der Waals surface area contributed by atoms with Gasteiger partial charge in [-0.25, -0.2) is 8.78 Å². The normalized spacial score (nSPS) is 27.9. The number of benzene rings is 2. The Morgan fingerprint density at radius 3 is 2.49 bits per heavy atom. The highest BCUT2D eigenvalue weighted by molar-refractivity contribution is 9.10. The lowest BCUT2D eigenvalue weighted by Crippen LogP contribution is -2.52. The molecule has 1 fully saturated rings. The Morgan fingerprint density at radius 2 is 1.86 bits per heavy atom. The van der Waals surface area contributed by atoms with Crippen molar-refractivity contribution in [2.45, 2.75) is 29.6 Å². The molecule has 3 aromatic rings. The van der Waals surface area contributed by atoms with E-state index >= 15 is 0 Å². The van der Waals surface area contributed by atoms with Gasteiger partial charge in [-0.2, -0.15) is 0 Å². The van der Waals surface area contributed by atoms with Crippen LogP contribution in [0, 0.1) is 5.92 Å². The van der Waals surface area contributed by atoms with Gasteiger partial charge < -0.3 is 24.6 Å². The SMILES string of the molecule is COc1cncc2c1C1(O)C(O)C(C(=O)N(C)CC(F)F)C(c3ccccc3)C1(c1ccc(Br)cc1)O2. The molecule has 10 heteroatoms. The van der Waals surface area contributed by atoms with Crippen molar-refractivity contribution < 1.29 is 33.3 Å². The number of carbonyl (C=O) groups is 1. The minimum Gasteiger partial charge on any atom is -0.495 e. The van der Waals surface area contributed by atoms with Crippen LogP contribution in [0.25, 0.3) is 0 Å². The van der Waals surface area contributed by atoms with Crippen LogP contribution in [0.5, 0.6) is 11.5 Å². The molecule has 0 bridgehead atoms. The topological polar surface area (TPSA) is 92.1 Å². The van der Waals surface area contributed by atoms with Gasteiger partial charge in [-0.05, 0) is 23.3 Å². The van der Waals surface area contributed by atoms with Gasteiger partial charge in [0.2, 0.25) is 5.91 Å². The molecule has 37 heavy (non-hydrogen) atoms. The predicted molar refractivity (Wildman–Crippen MR) is 133 cm³/mol. The summed E-state index contributed by atoms with van der Waals surface area (Å²) in [5, 5.41) is 24.5. The standard InChI is InChI=1S/C27H25BrF2N2O5/c1-32(14-20(29)30)25(34)21-22(15-6-4-3-5-7-15)27(16-8-10-17(28)11-9-16)26(35,24(21)33)23-18(36-2)12-31-13-19(23)37-27/h3-13,20-22,24,33,35H,14H2,1-2H3. The number of methoxy groups -OCH3 is 1. The van der Waals surface area contributed by atoms with Crippen molar-refractivity contribution in [3.8, 4) is 11.5 Å². The first-order chi connectivity index (χ1) is 17.7. The average molecular weight is 575 g/mol. The van der Waals surface area contributed by atoms with Crippen LogP contribution in [0.3, 0.4) is 0 Å². The minimum absolute atomic E-state index is 0.146. The second-order valence-electron chi connectivity index (χ2n) is 9.29. The summed E-state index contributed by atoms with van der Waals surface area (Å²) in [4.78, 5) is 18.8. The number of carbonyl (C=O) groups excluding carboxylic acids is 1. The number of aromatic nitrogens is 1. The third-order valence-corrected chi connectivity index (χ3v) is 7.91. The van der Waals surface area contributed by atoms with Gasteiger partial charge in [-0.3, -0.25) is 9.78 Å². The summed E-state index contributed by atoms with van der Waals surface area (Å²) in [6.07, 6.45) is -1.70. The van der Waals surface area contributed by atoms with Crippen molar-refractivity contribution in [3.63, 3.8) is 0 Å². The number of hydrogen-bond acceptors (Lipinski definition) is 6. The highest BCUT2D eigenvalue weighted by Crippen LogP contribution is 2.69. The van der Waals surface area contributed by atoms with Gasteiger partial charge >= 0.3 is 0 Å². The Labute approximate surface area is 220 Å². The number of hydrogen-bond donors (Lipinski definition) is 2. The third-order valence-electron chi connectivity index (χ3n) is 7.38. The lowest BCUT2D eigenvalue weighted by atomic mass is 9.70. The molecule has 1 aliphatic carbocycles. The summed E-state index contributed by atoms with van der Waals surface area (Å²) >= 11 is 3.42. The van der Waals surface area contributed by atoms with Gasteiger partial charge in [0.05, 0.1) is 37.5 Å². The van der Waals surface area contributed by atoms with E-state index in [1.165, 1.54) is 26.6 Å². The molecule has 2 aliphatic rings. The zero-order valence-electron chi connectivity index (χ0n) is 20.0. The Morgan fingerprint density at radius 1 is 1.19 bits per heavy atom. The monoisotopic (exact) mass is 574 g/mol. The Bertz CT molecular complexity index is 1310. The summed E-state index contributed by atoms with van der Waals surface area (Å²) in [5.41, 5.74) is -2.70. The summed E-state index contributed by atoms with van der Waals surface area (Å²) in [7, 11) is 2.66. The van der Waals surface area contributed by atoms with E-state index in [0.717, 1.165) is 9.37 Å². The number of halogens is 3. The van der Waals surface area contributed by atoms with Gasteiger partial charge in [-0.1, -0.05) is 58.4 Å². The number of rotatable bonds is 6. The molecule has 1 saturated carbocycles. The van der Waals surface area contributed by atoms with Crippen molar-refractivity contribution in [3.05, 3.63) is 88.2 Å². The van der Waals surface area contributed by atoms with E-state index in [-0.39, 0.29) is 17.1 Å². The number of amides is 1. The van der Waals surface area contributed by atoms with E-state index in [0.29, 0.717) is 11.1 Å². The van der Waals surface area contributed by atoms with Crippen molar-refractivity contribution >= 4 is 21.8 Å². The third kappa shape index (κ3) is 3.65. The van der Waals surface area contributed by atoms with Gasteiger partial charge in [0.1, 0.15) is 17.6 Å². The number of ether oxygens (including phenoxy) is 2. The van der Waals surface area contributed by atoms with Crippen molar-refractivity contribution in [2.75, 3.05) is 20.7 Å². The Balaban J connectivity index is 1.83. The fourth-order valence-corrected chi connectivity index (χ4v) is 6.18. The molecule has 1 amide bonds. The van der Waals surface area contributed by atoms with Crippen molar-refractivity contribution in [1.82, 2.24) is 9.88 Å². The maximum atomic E-state index is 13.8. The largest absolute Gasteiger partial charge is 0.495 e. The number of pyridine rings is 1. The number of nitrogens with zero attached hydrogens (tertiary/aromatic N) is 2. The molecule has 2 aromatic carbocycles. The highest BCUT2D eigenvalue weighted by Gasteiger charge is 2.78. The number of fused-ring (bicyclic) bond motifs is 3.